The minimum absolute atomic E-state index is 0.0511. The molecule has 0 aliphatic carbocycles. The van der Waals surface area contributed by atoms with Crippen molar-refractivity contribution in [3.05, 3.63) is 57.6 Å². The van der Waals surface area contributed by atoms with Crippen LogP contribution in [0.4, 0.5) is 11.4 Å². The third kappa shape index (κ3) is 5.39. The number of carbonyl (C=O) groups excluding carboxylic acids is 2. The first-order chi connectivity index (χ1) is 14.0. The number of carbonyl (C=O) groups is 2. The maximum Gasteiger partial charge on any atom is 0.255 e. The Labute approximate surface area is 178 Å². The Bertz CT molecular complexity index is 969. The predicted octanol–water partition coefficient (Wildman–Crippen LogP) is 3.39. The van der Waals surface area contributed by atoms with Crippen LogP contribution in [0.15, 0.2) is 36.4 Å². The molecule has 0 spiro atoms. The van der Waals surface area contributed by atoms with Crippen LogP contribution in [-0.2, 0) is 9.53 Å². The summed E-state index contributed by atoms with van der Waals surface area (Å²) in [5.74, 6) is -0.499. The number of nitrogens with one attached hydrogen (secondary N) is 2. The number of hydrogen-bond donors (Lipinski definition) is 2. The summed E-state index contributed by atoms with van der Waals surface area (Å²) in [6.07, 6.45) is 0. The van der Waals surface area contributed by atoms with E-state index in [0.29, 0.717) is 58.9 Å². The van der Waals surface area contributed by atoms with E-state index in [9.17, 15) is 9.59 Å². The third-order valence-electron chi connectivity index (χ3n) is 4.33. The molecule has 1 fully saturated rings. The lowest BCUT2D eigenvalue weighted by molar-refractivity contribution is -0.114. The highest BCUT2D eigenvalue weighted by molar-refractivity contribution is 6.34. The highest BCUT2D eigenvalue weighted by atomic mass is 35.5. The van der Waals surface area contributed by atoms with Gasteiger partial charge in [0.1, 0.15) is 6.07 Å². The second-order valence-electron chi connectivity index (χ2n) is 6.30. The fourth-order valence-electron chi connectivity index (χ4n) is 2.83. The van der Waals surface area contributed by atoms with Crippen molar-refractivity contribution in [1.82, 2.24) is 4.90 Å². The van der Waals surface area contributed by atoms with E-state index < -0.39 is 0 Å². The van der Waals surface area contributed by atoms with Crippen molar-refractivity contribution in [3.8, 4) is 6.07 Å². The van der Waals surface area contributed by atoms with Gasteiger partial charge in [-0.3, -0.25) is 9.59 Å². The number of nitriles is 1. The molecular weight excluding hydrogens is 415 g/mol. The van der Waals surface area contributed by atoms with Crippen molar-refractivity contribution >= 4 is 46.4 Å². The molecule has 0 unspecified atom stereocenters. The lowest BCUT2D eigenvalue weighted by Gasteiger charge is -2.27. The molecule has 0 saturated carbocycles. The van der Waals surface area contributed by atoms with Crippen molar-refractivity contribution in [2.75, 3.05) is 43.5 Å². The highest BCUT2D eigenvalue weighted by Gasteiger charge is 2.20. The average Bonchev–Trinajstić information content (AvgIpc) is 2.73. The van der Waals surface area contributed by atoms with Gasteiger partial charge in [0.15, 0.2) is 0 Å². The molecule has 1 heterocycles. The van der Waals surface area contributed by atoms with Crippen molar-refractivity contribution in [2.24, 2.45) is 0 Å². The summed E-state index contributed by atoms with van der Waals surface area (Å²) in [5.41, 5.74) is 1.66. The molecule has 0 aromatic heterocycles. The third-order valence-corrected chi connectivity index (χ3v) is 4.87. The highest BCUT2D eigenvalue weighted by Crippen LogP contribution is 2.23. The molecule has 0 atom stereocenters. The summed E-state index contributed by atoms with van der Waals surface area (Å²) in [6.45, 7) is 2.04. The number of benzene rings is 2. The van der Waals surface area contributed by atoms with Gasteiger partial charge in [-0.05, 0) is 36.4 Å². The Balaban J connectivity index is 1.60. The standard InChI is InChI=1S/C20H18Cl2N4O3/c21-14-2-1-13(11-23)18(9-14)25-19(27)12-24-15-3-4-16(17(22)10-15)20(28)26-5-7-29-8-6-26/h1-4,9-10,24H,5-8,12H2,(H,25,27). The number of ether oxygens (including phenoxy) is 1. The van der Waals surface area contributed by atoms with Crippen LogP contribution in [0.3, 0.4) is 0 Å². The van der Waals surface area contributed by atoms with E-state index in [1.54, 1.807) is 29.2 Å². The van der Waals surface area contributed by atoms with Gasteiger partial charge >= 0.3 is 0 Å². The average molecular weight is 433 g/mol. The Morgan fingerprint density at radius 3 is 2.59 bits per heavy atom. The normalized spacial score (nSPS) is 13.5. The fraction of sp³-hybridized carbons (Fsp3) is 0.250. The van der Waals surface area contributed by atoms with Gasteiger partial charge in [0.05, 0.1) is 41.6 Å². The van der Waals surface area contributed by atoms with Crippen LogP contribution in [-0.4, -0.2) is 49.6 Å². The number of anilines is 2. The van der Waals surface area contributed by atoms with Crippen LogP contribution in [0.2, 0.25) is 10.0 Å². The topological polar surface area (TPSA) is 94.5 Å². The van der Waals surface area contributed by atoms with E-state index in [2.05, 4.69) is 10.6 Å². The van der Waals surface area contributed by atoms with Crippen LogP contribution >= 0.6 is 23.2 Å². The summed E-state index contributed by atoms with van der Waals surface area (Å²) in [6, 6.07) is 11.5. The van der Waals surface area contributed by atoms with Gasteiger partial charge in [-0.15, -0.1) is 0 Å². The van der Waals surface area contributed by atoms with Crippen molar-refractivity contribution < 1.29 is 14.3 Å². The minimum atomic E-state index is -0.353. The predicted molar refractivity (Wildman–Crippen MR) is 111 cm³/mol. The molecular formula is C20H18Cl2N4O3. The molecule has 1 saturated heterocycles. The molecule has 7 nitrogen and oxygen atoms in total. The second kappa shape index (κ2) is 9.61. The van der Waals surface area contributed by atoms with Crippen molar-refractivity contribution in [2.45, 2.75) is 0 Å². The Morgan fingerprint density at radius 2 is 1.90 bits per heavy atom. The molecule has 2 N–H and O–H groups in total. The molecule has 2 aromatic carbocycles. The van der Waals surface area contributed by atoms with Crippen LogP contribution in [0.25, 0.3) is 0 Å². The van der Waals surface area contributed by atoms with Crippen molar-refractivity contribution in [1.29, 1.82) is 5.26 Å². The zero-order valence-corrected chi connectivity index (χ0v) is 16.9. The van der Waals surface area contributed by atoms with E-state index in [-0.39, 0.29) is 18.4 Å². The van der Waals surface area contributed by atoms with Crippen LogP contribution in [0, 0.1) is 11.3 Å². The van der Waals surface area contributed by atoms with Gasteiger partial charge < -0.3 is 20.3 Å². The van der Waals surface area contributed by atoms with Crippen molar-refractivity contribution in [3.63, 3.8) is 0 Å². The molecule has 2 amide bonds. The first-order valence-corrected chi connectivity index (χ1v) is 9.63. The molecule has 9 heteroatoms. The van der Waals surface area contributed by atoms with E-state index in [4.69, 9.17) is 33.2 Å². The SMILES string of the molecule is N#Cc1ccc(Cl)cc1NC(=O)CNc1ccc(C(=O)N2CCOCC2)c(Cl)c1. The van der Waals surface area contributed by atoms with Gasteiger partial charge in [-0.25, -0.2) is 0 Å². The number of halogens is 2. The molecule has 0 radical (unpaired) electrons. The summed E-state index contributed by atoms with van der Waals surface area (Å²) in [7, 11) is 0. The molecule has 29 heavy (non-hydrogen) atoms. The van der Waals surface area contributed by atoms with Gasteiger partial charge in [0.25, 0.3) is 5.91 Å². The van der Waals surface area contributed by atoms with Gasteiger partial charge in [-0.2, -0.15) is 5.26 Å². The van der Waals surface area contributed by atoms with Gasteiger partial charge in [0.2, 0.25) is 5.91 Å². The first kappa shape index (κ1) is 20.9. The summed E-state index contributed by atoms with van der Waals surface area (Å²) in [4.78, 5) is 26.5. The van der Waals surface area contributed by atoms with E-state index in [1.807, 2.05) is 6.07 Å². The summed E-state index contributed by atoms with van der Waals surface area (Å²) < 4.78 is 5.25. The van der Waals surface area contributed by atoms with Crippen LogP contribution < -0.4 is 10.6 Å². The molecule has 1 aliphatic rings. The van der Waals surface area contributed by atoms with E-state index >= 15 is 0 Å². The summed E-state index contributed by atoms with van der Waals surface area (Å²) >= 11 is 12.2. The summed E-state index contributed by atoms with van der Waals surface area (Å²) in [5, 5.41) is 15.4. The zero-order valence-electron chi connectivity index (χ0n) is 15.4. The molecule has 2 aromatic rings. The maximum absolute atomic E-state index is 12.6. The Kier molecular flexibility index (Phi) is 6.94. The van der Waals surface area contributed by atoms with Crippen LogP contribution in [0.5, 0.6) is 0 Å². The molecule has 0 bridgehead atoms. The minimum Gasteiger partial charge on any atom is -0.378 e. The Hall–Kier alpha value is -2.79. The number of nitrogens with zero attached hydrogens (tertiary/aromatic N) is 2. The van der Waals surface area contributed by atoms with E-state index in [1.165, 1.54) is 12.1 Å². The number of hydrogen-bond acceptors (Lipinski definition) is 5. The maximum atomic E-state index is 12.6. The lowest BCUT2D eigenvalue weighted by Crippen LogP contribution is -2.40. The molecule has 3 rings (SSSR count). The number of amides is 2. The number of rotatable bonds is 5. The van der Waals surface area contributed by atoms with Crippen LogP contribution in [0.1, 0.15) is 15.9 Å². The smallest absolute Gasteiger partial charge is 0.255 e. The van der Waals surface area contributed by atoms with Gasteiger partial charge in [0, 0.05) is 23.8 Å². The Morgan fingerprint density at radius 1 is 1.14 bits per heavy atom. The lowest BCUT2D eigenvalue weighted by atomic mass is 10.1. The van der Waals surface area contributed by atoms with E-state index in [0.717, 1.165) is 0 Å². The second-order valence-corrected chi connectivity index (χ2v) is 7.15. The quantitative estimate of drug-likeness (QED) is 0.754. The largest absolute Gasteiger partial charge is 0.378 e. The first-order valence-electron chi connectivity index (χ1n) is 8.88. The zero-order chi connectivity index (χ0) is 20.8. The molecule has 150 valence electrons. The van der Waals surface area contributed by atoms with Gasteiger partial charge in [-0.1, -0.05) is 23.2 Å². The molecule has 1 aliphatic heterocycles. The number of morpholine rings is 1. The fourth-order valence-corrected chi connectivity index (χ4v) is 3.26. The monoisotopic (exact) mass is 432 g/mol.